The maximum absolute atomic E-state index is 14.2. The van der Waals surface area contributed by atoms with Crippen LogP contribution in [0.25, 0.3) is 0 Å². The van der Waals surface area contributed by atoms with Crippen molar-refractivity contribution in [1.29, 1.82) is 0 Å². The summed E-state index contributed by atoms with van der Waals surface area (Å²) in [6.45, 7) is 3.01. The SMILES string of the molecule is CC[C@H](C(=O)NC1CCCC1)N(Cc1ccc(Cl)cc1Cl)C(=O)CN(c1ccc(Cl)c(Cl)c1)S(=O)(=O)c1ccc(C)cc1. The van der Waals surface area contributed by atoms with Gasteiger partial charge in [-0.25, -0.2) is 8.42 Å². The number of amides is 2. The average molecular weight is 686 g/mol. The molecule has 2 amide bonds. The maximum Gasteiger partial charge on any atom is 0.264 e. The second-order valence-electron chi connectivity index (χ2n) is 10.6. The van der Waals surface area contributed by atoms with Gasteiger partial charge in [-0.15, -0.1) is 0 Å². The molecule has 1 saturated carbocycles. The van der Waals surface area contributed by atoms with Crippen LogP contribution in [0, 0.1) is 6.92 Å². The Morgan fingerprint density at radius 2 is 1.58 bits per heavy atom. The standard InChI is InChI=1S/C31H33Cl4N3O4S/c1-3-29(31(40)36-23-6-4-5-7-23)37(18-21-10-11-22(32)16-27(21)34)30(39)19-38(24-12-15-26(33)28(35)17-24)43(41,42)25-13-8-20(2)9-14-25/h8-17,23,29H,3-7,18-19H2,1-2H3,(H,36,40)/t29-/m1/s1. The Bertz CT molecular complexity index is 1580. The van der Waals surface area contributed by atoms with Crippen LogP contribution < -0.4 is 9.62 Å². The lowest BCUT2D eigenvalue weighted by molar-refractivity contribution is -0.140. The molecule has 1 aliphatic rings. The summed E-state index contributed by atoms with van der Waals surface area (Å²) in [6, 6.07) is 14.7. The van der Waals surface area contributed by atoms with Crippen molar-refractivity contribution in [3.05, 3.63) is 91.9 Å². The third-order valence-corrected chi connectivity index (χ3v) is 10.6. The first kappa shape index (κ1) is 33.4. The number of carbonyl (C=O) groups excluding carboxylic acids is 2. The van der Waals surface area contributed by atoms with Crippen molar-refractivity contribution < 1.29 is 18.0 Å². The van der Waals surface area contributed by atoms with E-state index in [-0.39, 0.29) is 39.1 Å². The second kappa shape index (κ2) is 14.5. The van der Waals surface area contributed by atoms with Gasteiger partial charge in [0.2, 0.25) is 11.8 Å². The van der Waals surface area contributed by atoms with Gasteiger partial charge in [0.25, 0.3) is 10.0 Å². The van der Waals surface area contributed by atoms with Gasteiger partial charge in [-0.05, 0) is 74.2 Å². The number of rotatable bonds is 11. The van der Waals surface area contributed by atoms with E-state index in [1.54, 1.807) is 30.3 Å². The number of sulfonamides is 1. The Morgan fingerprint density at radius 3 is 2.19 bits per heavy atom. The Kier molecular flexibility index (Phi) is 11.3. The van der Waals surface area contributed by atoms with Crippen molar-refractivity contribution in [2.24, 2.45) is 0 Å². The molecule has 1 fully saturated rings. The summed E-state index contributed by atoms with van der Waals surface area (Å²) in [5.41, 5.74) is 1.59. The third-order valence-electron chi connectivity index (χ3n) is 7.52. The summed E-state index contributed by atoms with van der Waals surface area (Å²) in [7, 11) is -4.25. The number of nitrogens with zero attached hydrogens (tertiary/aromatic N) is 2. The largest absolute Gasteiger partial charge is 0.352 e. The summed E-state index contributed by atoms with van der Waals surface area (Å²) in [6.07, 6.45) is 4.10. The number of hydrogen-bond donors (Lipinski definition) is 1. The first-order valence-electron chi connectivity index (χ1n) is 14.0. The second-order valence-corrected chi connectivity index (χ2v) is 14.1. The molecule has 1 aliphatic carbocycles. The zero-order valence-electron chi connectivity index (χ0n) is 23.8. The molecule has 0 saturated heterocycles. The summed E-state index contributed by atoms with van der Waals surface area (Å²) < 4.78 is 29.0. The molecule has 1 N–H and O–H groups in total. The van der Waals surface area contributed by atoms with Crippen LogP contribution in [0.5, 0.6) is 0 Å². The van der Waals surface area contributed by atoms with E-state index in [9.17, 15) is 18.0 Å². The molecule has 230 valence electrons. The molecular formula is C31H33Cl4N3O4S. The first-order valence-corrected chi connectivity index (χ1v) is 16.9. The predicted molar refractivity (Wildman–Crippen MR) is 174 cm³/mol. The van der Waals surface area contributed by atoms with Gasteiger partial charge in [0.1, 0.15) is 12.6 Å². The van der Waals surface area contributed by atoms with Crippen molar-refractivity contribution in [3.63, 3.8) is 0 Å². The minimum Gasteiger partial charge on any atom is -0.352 e. The molecule has 0 aromatic heterocycles. The zero-order chi connectivity index (χ0) is 31.3. The lowest BCUT2D eigenvalue weighted by Gasteiger charge is -2.34. The quantitative estimate of drug-likeness (QED) is 0.225. The van der Waals surface area contributed by atoms with Gasteiger partial charge in [-0.3, -0.25) is 13.9 Å². The topological polar surface area (TPSA) is 86.8 Å². The van der Waals surface area contributed by atoms with Crippen LogP contribution in [0.3, 0.4) is 0 Å². The molecule has 12 heteroatoms. The van der Waals surface area contributed by atoms with Crippen molar-refractivity contribution >= 4 is 73.9 Å². The molecule has 1 atom stereocenters. The number of anilines is 1. The number of nitrogens with one attached hydrogen (secondary N) is 1. The molecule has 43 heavy (non-hydrogen) atoms. The number of benzene rings is 3. The molecule has 4 rings (SSSR count). The highest BCUT2D eigenvalue weighted by molar-refractivity contribution is 7.92. The molecule has 0 heterocycles. The smallest absolute Gasteiger partial charge is 0.264 e. The van der Waals surface area contributed by atoms with Gasteiger partial charge >= 0.3 is 0 Å². The molecule has 0 bridgehead atoms. The number of carbonyl (C=O) groups is 2. The van der Waals surface area contributed by atoms with Crippen LogP contribution in [-0.4, -0.2) is 43.8 Å². The van der Waals surface area contributed by atoms with E-state index in [1.165, 1.54) is 35.2 Å². The minimum atomic E-state index is -4.25. The van der Waals surface area contributed by atoms with Crippen LogP contribution >= 0.6 is 46.4 Å². The van der Waals surface area contributed by atoms with Crippen LogP contribution in [0.2, 0.25) is 20.1 Å². The summed E-state index contributed by atoms with van der Waals surface area (Å²) in [5.74, 6) is -0.892. The van der Waals surface area contributed by atoms with Crippen molar-refractivity contribution in [2.45, 2.75) is 69.5 Å². The number of halogens is 4. The minimum absolute atomic E-state index is 0.00436. The van der Waals surface area contributed by atoms with Crippen LogP contribution in [0.1, 0.15) is 50.2 Å². The maximum atomic E-state index is 14.2. The fourth-order valence-corrected chi connectivity index (χ4v) is 7.29. The fourth-order valence-electron chi connectivity index (χ4n) is 5.13. The Balaban J connectivity index is 1.75. The highest BCUT2D eigenvalue weighted by atomic mass is 35.5. The van der Waals surface area contributed by atoms with Gasteiger partial charge in [0.15, 0.2) is 0 Å². The summed E-state index contributed by atoms with van der Waals surface area (Å²) >= 11 is 25.0. The van der Waals surface area contributed by atoms with E-state index in [0.717, 1.165) is 35.6 Å². The lowest BCUT2D eigenvalue weighted by Crippen LogP contribution is -2.53. The number of aryl methyl sites for hydroxylation is 1. The van der Waals surface area contributed by atoms with E-state index in [0.29, 0.717) is 22.0 Å². The van der Waals surface area contributed by atoms with E-state index >= 15 is 0 Å². The first-order chi connectivity index (χ1) is 20.4. The van der Waals surface area contributed by atoms with Gasteiger partial charge in [0.05, 0.1) is 20.6 Å². The van der Waals surface area contributed by atoms with Crippen molar-refractivity contribution in [3.8, 4) is 0 Å². The Labute approximate surface area is 273 Å². The van der Waals surface area contributed by atoms with Crippen LogP contribution in [0.15, 0.2) is 65.6 Å². The fraction of sp³-hybridized carbons (Fsp3) is 0.355. The van der Waals surface area contributed by atoms with Crippen molar-refractivity contribution in [1.82, 2.24) is 10.2 Å². The van der Waals surface area contributed by atoms with Crippen LogP contribution in [0.4, 0.5) is 5.69 Å². The van der Waals surface area contributed by atoms with Gasteiger partial charge in [0, 0.05) is 22.6 Å². The predicted octanol–water partition coefficient (Wildman–Crippen LogP) is 7.67. The van der Waals surface area contributed by atoms with E-state index < -0.39 is 28.5 Å². The van der Waals surface area contributed by atoms with E-state index in [4.69, 9.17) is 46.4 Å². The highest BCUT2D eigenvalue weighted by Crippen LogP contribution is 2.31. The van der Waals surface area contributed by atoms with Crippen LogP contribution in [-0.2, 0) is 26.2 Å². The molecule has 3 aromatic carbocycles. The molecule has 7 nitrogen and oxygen atoms in total. The summed E-state index contributed by atoms with van der Waals surface area (Å²) in [5, 5.41) is 4.19. The number of hydrogen-bond acceptors (Lipinski definition) is 4. The van der Waals surface area contributed by atoms with Gasteiger partial charge < -0.3 is 10.2 Å². The molecular weight excluding hydrogens is 652 g/mol. The summed E-state index contributed by atoms with van der Waals surface area (Å²) in [4.78, 5) is 29.2. The lowest BCUT2D eigenvalue weighted by atomic mass is 10.1. The molecule has 0 aliphatic heterocycles. The highest BCUT2D eigenvalue weighted by Gasteiger charge is 2.35. The van der Waals surface area contributed by atoms with Gasteiger partial charge in [-0.2, -0.15) is 0 Å². The molecule has 3 aromatic rings. The van der Waals surface area contributed by atoms with Crippen molar-refractivity contribution in [2.75, 3.05) is 10.8 Å². The Hall–Kier alpha value is -2.49. The molecule has 0 spiro atoms. The average Bonchev–Trinajstić information content (AvgIpc) is 3.47. The Morgan fingerprint density at radius 1 is 0.907 bits per heavy atom. The third kappa shape index (κ3) is 8.17. The normalized spacial score (nSPS) is 14.4. The van der Waals surface area contributed by atoms with Gasteiger partial charge in [-0.1, -0.05) is 89.9 Å². The molecule has 0 radical (unpaired) electrons. The zero-order valence-corrected chi connectivity index (χ0v) is 27.7. The monoisotopic (exact) mass is 683 g/mol. The molecule has 0 unspecified atom stereocenters. The van der Waals surface area contributed by atoms with E-state index in [2.05, 4.69) is 5.32 Å². The van der Waals surface area contributed by atoms with E-state index in [1.807, 2.05) is 13.8 Å².